The molecule has 0 radical (unpaired) electrons. The largest absolute Gasteiger partial charge is 0.377 e. The summed E-state index contributed by atoms with van der Waals surface area (Å²) in [6.07, 6.45) is 5.95. The average molecular weight is 261 g/mol. The summed E-state index contributed by atoms with van der Waals surface area (Å²) in [5, 5.41) is 0. The summed E-state index contributed by atoms with van der Waals surface area (Å²) < 4.78 is 6.33. The Balaban J connectivity index is 1.77. The first-order valence-corrected chi connectivity index (χ1v) is 6.84. The van der Waals surface area contributed by atoms with E-state index in [0.29, 0.717) is 10.6 Å². The first-order chi connectivity index (χ1) is 7.74. The second kappa shape index (κ2) is 5.96. The molecule has 0 spiro atoms. The minimum atomic E-state index is 0.405. The van der Waals surface area contributed by atoms with Crippen molar-refractivity contribution in [1.82, 2.24) is 9.88 Å². The molecule has 1 unspecified atom stereocenters. The molecule has 1 saturated heterocycles. The molecule has 2 heterocycles. The predicted octanol–water partition coefficient (Wildman–Crippen LogP) is 2.80. The van der Waals surface area contributed by atoms with Gasteiger partial charge in [-0.25, -0.2) is 4.98 Å². The van der Waals surface area contributed by atoms with E-state index < -0.39 is 0 Å². The Bertz CT molecular complexity index is 326. The maximum absolute atomic E-state index is 5.80. The molecule has 1 aromatic heterocycles. The van der Waals surface area contributed by atoms with Crippen LogP contribution in [0.4, 0.5) is 0 Å². The maximum Gasteiger partial charge on any atom is 0.183 e. The fraction of sp³-hybridized carbons (Fsp3) is 0.727. The van der Waals surface area contributed by atoms with Crippen molar-refractivity contribution >= 4 is 22.9 Å². The molecule has 90 valence electrons. The molecule has 2 rings (SSSR count). The molecule has 0 aliphatic carbocycles. The van der Waals surface area contributed by atoms with Crippen LogP contribution in [0.2, 0.25) is 4.47 Å². The van der Waals surface area contributed by atoms with Crippen molar-refractivity contribution in [2.45, 2.75) is 31.9 Å². The summed E-state index contributed by atoms with van der Waals surface area (Å²) in [5.41, 5.74) is 0. The first kappa shape index (κ1) is 12.3. The van der Waals surface area contributed by atoms with E-state index in [1.165, 1.54) is 24.1 Å². The van der Waals surface area contributed by atoms with Gasteiger partial charge in [-0.15, -0.1) is 11.3 Å². The number of nitrogens with zero attached hydrogens (tertiary/aromatic N) is 2. The number of ether oxygens (including phenoxy) is 1. The van der Waals surface area contributed by atoms with Gasteiger partial charge >= 0.3 is 0 Å². The van der Waals surface area contributed by atoms with Crippen LogP contribution in [0.3, 0.4) is 0 Å². The van der Waals surface area contributed by atoms with E-state index in [1.54, 1.807) is 11.3 Å². The molecule has 1 aliphatic heterocycles. The monoisotopic (exact) mass is 260 g/mol. The number of aromatic nitrogens is 1. The van der Waals surface area contributed by atoms with Crippen LogP contribution in [0, 0.1) is 0 Å². The molecule has 5 heteroatoms. The van der Waals surface area contributed by atoms with Gasteiger partial charge in [0, 0.05) is 30.8 Å². The summed E-state index contributed by atoms with van der Waals surface area (Å²) in [5.74, 6) is 0. The summed E-state index contributed by atoms with van der Waals surface area (Å²) >= 11 is 7.35. The average Bonchev–Trinajstić information content (AvgIpc) is 2.65. The van der Waals surface area contributed by atoms with E-state index in [0.717, 1.165) is 19.7 Å². The van der Waals surface area contributed by atoms with Crippen molar-refractivity contribution in [3.8, 4) is 0 Å². The number of halogens is 1. The van der Waals surface area contributed by atoms with Crippen LogP contribution in [0.1, 0.15) is 24.1 Å². The molecule has 0 bridgehead atoms. The molecule has 0 N–H and O–H groups in total. The highest BCUT2D eigenvalue weighted by atomic mass is 35.5. The van der Waals surface area contributed by atoms with Crippen LogP contribution in [-0.2, 0) is 11.3 Å². The molecular weight excluding hydrogens is 244 g/mol. The zero-order valence-corrected chi connectivity index (χ0v) is 11.1. The lowest BCUT2D eigenvalue weighted by molar-refractivity contribution is -0.00246. The molecule has 0 aromatic carbocycles. The van der Waals surface area contributed by atoms with Crippen LogP contribution in [0.5, 0.6) is 0 Å². The lowest BCUT2D eigenvalue weighted by Gasteiger charge is -2.27. The second-order valence-electron chi connectivity index (χ2n) is 4.26. The van der Waals surface area contributed by atoms with Crippen LogP contribution < -0.4 is 0 Å². The highest BCUT2D eigenvalue weighted by Gasteiger charge is 2.16. The van der Waals surface area contributed by atoms with Gasteiger partial charge < -0.3 is 4.74 Å². The quantitative estimate of drug-likeness (QED) is 0.833. The van der Waals surface area contributed by atoms with E-state index in [4.69, 9.17) is 16.3 Å². The number of rotatable bonds is 4. The zero-order valence-electron chi connectivity index (χ0n) is 9.49. The van der Waals surface area contributed by atoms with Crippen molar-refractivity contribution in [2.24, 2.45) is 0 Å². The van der Waals surface area contributed by atoms with E-state index in [-0.39, 0.29) is 0 Å². The molecule has 3 nitrogen and oxygen atoms in total. The topological polar surface area (TPSA) is 25.4 Å². The maximum atomic E-state index is 5.80. The Morgan fingerprint density at radius 3 is 3.12 bits per heavy atom. The third-order valence-electron chi connectivity index (χ3n) is 2.74. The number of hydrogen-bond donors (Lipinski definition) is 0. The number of likely N-dealkylation sites (N-methyl/N-ethyl adjacent to an activating group) is 1. The highest BCUT2D eigenvalue weighted by molar-refractivity contribution is 7.15. The van der Waals surface area contributed by atoms with Crippen LogP contribution >= 0.6 is 22.9 Å². The van der Waals surface area contributed by atoms with Crippen molar-refractivity contribution < 1.29 is 4.74 Å². The minimum absolute atomic E-state index is 0.405. The number of hydrogen-bond acceptors (Lipinski definition) is 4. The Labute approximate surface area is 105 Å². The fourth-order valence-corrected chi connectivity index (χ4v) is 3.04. The molecule has 1 fully saturated rings. The third kappa shape index (κ3) is 3.70. The van der Waals surface area contributed by atoms with E-state index >= 15 is 0 Å². The SMILES string of the molecule is CN(Cc1cnc(Cl)s1)CC1CCCCO1. The van der Waals surface area contributed by atoms with E-state index in [9.17, 15) is 0 Å². The Morgan fingerprint density at radius 1 is 1.62 bits per heavy atom. The fourth-order valence-electron chi connectivity index (χ4n) is 1.99. The van der Waals surface area contributed by atoms with Gasteiger partial charge in [0.15, 0.2) is 4.47 Å². The van der Waals surface area contributed by atoms with Gasteiger partial charge in [0.25, 0.3) is 0 Å². The lowest BCUT2D eigenvalue weighted by atomic mass is 10.1. The Morgan fingerprint density at radius 2 is 2.50 bits per heavy atom. The van der Waals surface area contributed by atoms with Gasteiger partial charge in [-0.05, 0) is 26.3 Å². The molecular formula is C11H17ClN2OS. The Kier molecular flexibility index (Phi) is 4.58. The highest BCUT2D eigenvalue weighted by Crippen LogP contribution is 2.20. The van der Waals surface area contributed by atoms with Gasteiger partial charge in [0.2, 0.25) is 0 Å². The second-order valence-corrected chi connectivity index (χ2v) is 5.96. The van der Waals surface area contributed by atoms with Gasteiger partial charge in [0.1, 0.15) is 0 Å². The lowest BCUT2D eigenvalue weighted by Crippen LogP contribution is -2.32. The summed E-state index contributed by atoms with van der Waals surface area (Å²) in [6, 6.07) is 0. The van der Waals surface area contributed by atoms with Gasteiger partial charge in [0.05, 0.1) is 6.10 Å². The van der Waals surface area contributed by atoms with E-state index in [2.05, 4.69) is 16.9 Å². The van der Waals surface area contributed by atoms with E-state index in [1.807, 2.05) is 6.20 Å². The van der Waals surface area contributed by atoms with Gasteiger partial charge in [-0.2, -0.15) is 0 Å². The van der Waals surface area contributed by atoms with Crippen molar-refractivity contribution in [2.75, 3.05) is 20.2 Å². The van der Waals surface area contributed by atoms with Gasteiger partial charge in [-0.3, -0.25) is 4.90 Å². The summed E-state index contributed by atoms with van der Waals surface area (Å²) in [6.45, 7) is 2.82. The normalized spacial score (nSPS) is 21.6. The smallest absolute Gasteiger partial charge is 0.183 e. The molecule has 16 heavy (non-hydrogen) atoms. The molecule has 1 atom stereocenters. The Hall–Kier alpha value is -0.160. The van der Waals surface area contributed by atoms with Crippen molar-refractivity contribution in [1.29, 1.82) is 0 Å². The zero-order chi connectivity index (χ0) is 11.4. The molecule has 0 amide bonds. The van der Waals surface area contributed by atoms with Gasteiger partial charge in [-0.1, -0.05) is 11.6 Å². The summed E-state index contributed by atoms with van der Waals surface area (Å²) in [4.78, 5) is 7.53. The van der Waals surface area contributed by atoms with Crippen LogP contribution in [-0.4, -0.2) is 36.2 Å². The first-order valence-electron chi connectivity index (χ1n) is 5.64. The number of thiazole rings is 1. The standard InChI is InChI=1S/C11H17ClN2OS/c1-14(7-9-4-2-3-5-15-9)8-10-6-13-11(12)16-10/h6,9H,2-5,7-8H2,1H3. The molecule has 1 aliphatic rings. The summed E-state index contributed by atoms with van der Waals surface area (Å²) in [7, 11) is 2.12. The van der Waals surface area contributed by atoms with Crippen LogP contribution in [0.15, 0.2) is 6.20 Å². The molecule has 1 aromatic rings. The van der Waals surface area contributed by atoms with Crippen molar-refractivity contribution in [3.05, 3.63) is 15.5 Å². The minimum Gasteiger partial charge on any atom is -0.377 e. The van der Waals surface area contributed by atoms with Crippen LogP contribution in [0.25, 0.3) is 0 Å². The predicted molar refractivity (Wildman–Crippen MR) is 67.0 cm³/mol. The van der Waals surface area contributed by atoms with Crippen molar-refractivity contribution in [3.63, 3.8) is 0 Å². The molecule has 0 saturated carbocycles. The third-order valence-corrected chi connectivity index (χ3v) is 3.84.